The summed E-state index contributed by atoms with van der Waals surface area (Å²) in [5, 5.41) is 0. The fraction of sp³-hybridized carbons (Fsp3) is 0.476. The molecule has 1 fully saturated rings. The summed E-state index contributed by atoms with van der Waals surface area (Å²) in [6.07, 6.45) is 1.21. The molecular weight excluding hydrogens is 438 g/mol. The van der Waals surface area contributed by atoms with Gasteiger partial charge in [0.15, 0.2) is 5.69 Å². The minimum Gasteiger partial charge on any atom is -0.461 e. The number of rotatable bonds is 4. The van der Waals surface area contributed by atoms with Crippen LogP contribution in [0.1, 0.15) is 62.9 Å². The molecule has 1 atom stereocenters. The summed E-state index contributed by atoms with van der Waals surface area (Å²) in [5.74, 6) is 0.0732. The van der Waals surface area contributed by atoms with Crippen LogP contribution in [0.25, 0.3) is 11.3 Å². The predicted molar refractivity (Wildman–Crippen MR) is 113 cm³/mol. The first-order valence-corrected chi connectivity index (χ1v) is 10.5. The Balaban J connectivity index is 1.96. The lowest BCUT2D eigenvalue weighted by Crippen LogP contribution is -2.36. The van der Waals surface area contributed by atoms with Gasteiger partial charge >= 0.3 is 12.1 Å². The van der Waals surface area contributed by atoms with Gasteiger partial charge in [-0.3, -0.25) is 4.90 Å². The lowest BCUT2D eigenvalue weighted by Gasteiger charge is -2.27. The Morgan fingerprint density at radius 2 is 1.97 bits per heavy atom. The normalized spacial score (nSPS) is 16.7. The summed E-state index contributed by atoms with van der Waals surface area (Å²) < 4.78 is 11.7. The van der Waals surface area contributed by atoms with Crippen molar-refractivity contribution >= 4 is 28.0 Å². The number of carbonyl (C=O) groups excluding carboxylic acids is 2. The highest BCUT2D eigenvalue weighted by atomic mass is 79.9. The first-order valence-electron chi connectivity index (χ1n) is 9.72. The van der Waals surface area contributed by atoms with Crippen LogP contribution in [-0.4, -0.2) is 45.7 Å². The highest BCUT2D eigenvalue weighted by Crippen LogP contribution is 2.34. The van der Waals surface area contributed by atoms with Crippen molar-refractivity contribution in [2.24, 2.45) is 0 Å². The van der Waals surface area contributed by atoms with Crippen LogP contribution < -0.4 is 0 Å². The molecule has 0 spiro atoms. The van der Waals surface area contributed by atoms with Gasteiger partial charge in [-0.25, -0.2) is 14.6 Å². The van der Waals surface area contributed by atoms with E-state index in [-0.39, 0.29) is 24.4 Å². The Kier molecular flexibility index (Phi) is 6.31. The average Bonchev–Trinajstić information content (AvgIpc) is 3.28. The maximum atomic E-state index is 12.6. The van der Waals surface area contributed by atoms with Crippen molar-refractivity contribution < 1.29 is 19.1 Å². The smallest absolute Gasteiger partial charge is 0.410 e. The van der Waals surface area contributed by atoms with Crippen molar-refractivity contribution in [2.75, 3.05) is 13.2 Å². The van der Waals surface area contributed by atoms with Crippen LogP contribution in [0.15, 0.2) is 28.7 Å². The molecule has 156 valence electrons. The highest BCUT2D eigenvalue weighted by Gasteiger charge is 2.36. The Bertz CT molecular complexity index is 886. The maximum absolute atomic E-state index is 12.6. The molecule has 0 radical (unpaired) electrons. The molecule has 0 saturated carbocycles. The van der Waals surface area contributed by atoms with Crippen LogP contribution in [0.3, 0.4) is 0 Å². The second-order valence-electron chi connectivity index (χ2n) is 7.90. The van der Waals surface area contributed by atoms with Gasteiger partial charge in [0, 0.05) is 16.6 Å². The van der Waals surface area contributed by atoms with Gasteiger partial charge in [0.2, 0.25) is 0 Å². The van der Waals surface area contributed by atoms with E-state index in [0.717, 1.165) is 22.9 Å². The van der Waals surface area contributed by atoms with Crippen molar-refractivity contribution in [3.63, 3.8) is 0 Å². The van der Waals surface area contributed by atoms with Gasteiger partial charge in [0.1, 0.15) is 11.4 Å². The standard InChI is InChI=1S/C21H26BrN3O4/c1-5-28-19(26)17-16(13-8-10-14(22)11-9-13)23-18(24-17)15-7-6-12-25(15)20(27)29-21(2,3)4/h8-11,15H,5-7,12H2,1-4H3,(H,23,24). The number of likely N-dealkylation sites (tertiary alicyclic amines) is 1. The number of hydrogen-bond donors (Lipinski definition) is 1. The number of esters is 1. The number of halogens is 1. The first-order chi connectivity index (χ1) is 13.7. The molecule has 3 rings (SSSR count). The van der Waals surface area contributed by atoms with Crippen LogP contribution in [-0.2, 0) is 9.47 Å². The first kappa shape index (κ1) is 21.4. The zero-order valence-electron chi connectivity index (χ0n) is 17.1. The SMILES string of the molecule is CCOC(=O)c1nc(C2CCCN2C(=O)OC(C)(C)C)[nH]c1-c1ccc(Br)cc1. The zero-order valence-corrected chi connectivity index (χ0v) is 18.7. The third-order valence-corrected chi connectivity index (χ3v) is 5.05. The number of imidazole rings is 1. The summed E-state index contributed by atoms with van der Waals surface area (Å²) in [5.41, 5.74) is 1.05. The molecule has 7 nitrogen and oxygen atoms in total. The third-order valence-electron chi connectivity index (χ3n) is 4.52. The largest absolute Gasteiger partial charge is 0.461 e. The van der Waals surface area contributed by atoms with E-state index in [2.05, 4.69) is 25.9 Å². The molecule has 1 saturated heterocycles. The number of ether oxygens (including phenoxy) is 2. The Labute approximate surface area is 178 Å². The minimum atomic E-state index is -0.577. The van der Waals surface area contributed by atoms with Gasteiger partial charge < -0.3 is 14.5 Å². The lowest BCUT2D eigenvalue weighted by molar-refractivity contribution is 0.0218. The molecule has 29 heavy (non-hydrogen) atoms. The molecular formula is C21H26BrN3O4. The van der Waals surface area contributed by atoms with Crippen molar-refractivity contribution in [1.29, 1.82) is 0 Å². The van der Waals surface area contributed by atoms with Gasteiger partial charge in [0.25, 0.3) is 0 Å². The summed E-state index contributed by atoms with van der Waals surface area (Å²) in [6, 6.07) is 7.30. The fourth-order valence-electron chi connectivity index (χ4n) is 3.31. The second-order valence-corrected chi connectivity index (χ2v) is 8.82. The van der Waals surface area contributed by atoms with Gasteiger partial charge in [0.05, 0.1) is 18.3 Å². The molecule has 0 bridgehead atoms. The number of amides is 1. The van der Waals surface area contributed by atoms with E-state index in [1.54, 1.807) is 11.8 Å². The number of nitrogens with one attached hydrogen (secondary N) is 1. The predicted octanol–water partition coefficient (Wildman–Crippen LogP) is 5.09. The quantitative estimate of drug-likeness (QED) is 0.638. The number of aromatic amines is 1. The topological polar surface area (TPSA) is 84.5 Å². The van der Waals surface area contributed by atoms with Crippen LogP contribution in [0.4, 0.5) is 4.79 Å². The van der Waals surface area contributed by atoms with Crippen LogP contribution >= 0.6 is 15.9 Å². The molecule has 8 heteroatoms. The number of H-pyrrole nitrogens is 1. The van der Waals surface area contributed by atoms with Gasteiger partial charge in [-0.05, 0) is 52.7 Å². The summed E-state index contributed by atoms with van der Waals surface area (Å²) in [4.78, 5) is 34.7. The highest BCUT2D eigenvalue weighted by molar-refractivity contribution is 9.10. The van der Waals surface area contributed by atoms with Crippen LogP contribution in [0.5, 0.6) is 0 Å². The number of carbonyl (C=O) groups is 2. The molecule has 2 heterocycles. The van der Waals surface area contributed by atoms with Crippen molar-refractivity contribution in [2.45, 2.75) is 52.2 Å². The van der Waals surface area contributed by atoms with Gasteiger partial charge in [-0.15, -0.1) is 0 Å². The molecule has 1 aromatic heterocycles. The van der Waals surface area contributed by atoms with E-state index >= 15 is 0 Å². The molecule has 1 amide bonds. The molecule has 1 aliphatic rings. The van der Waals surface area contributed by atoms with E-state index in [1.807, 2.05) is 45.0 Å². The molecule has 2 aromatic rings. The summed E-state index contributed by atoms with van der Waals surface area (Å²) >= 11 is 3.42. The number of nitrogens with zero attached hydrogens (tertiary/aromatic N) is 2. The van der Waals surface area contributed by atoms with E-state index in [9.17, 15) is 9.59 Å². The number of aromatic nitrogens is 2. The molecule has 1 unspecified atom stereocenters. The Hall–Kier alpha value is -2.35. The van der Waals surface area contributed by atoms with Crippen LogP contribution in [0, 0.1) is 0 Å². The minimum absolute atomic E-state index is 0.222. The molecule has 1 aliphatic heterocycles. The maximum Gasteiger partial charge on any atom is 0.410 e. The average molecular weight is 464 g/mol. The lowest BCUT2D eigenvalue weighted by atomic mass is 10.1. The second kappa shape index (κ2) is 8.57. The van der Waals surface area contributed by atoms with Gasteiger partial charge in [-0.1, -0.05) is 28.1 Å². The number of benzene rings is 1. The van der Waals surface area contributed by atoms with E-state index in [4.69, 9.17) is 9.47 Å². The van der Waals surface area contributed by atoms with Crippen LogP contribution in [0.2, 0.25) is 0 Å². The molecule has 1 aromatic carbocycles. The summed E-state index contributed by atoms with van der Waals surface area (Å²) in [6.45, 7) is 8.12. The molecule has 0 aliphatic carbocycles. The number of hydrogen-bond acceptors (Lipinski definition) is 5. The van der Waals surface area contributed by atoms with Crippen molar-refractivity contribution in [3.05, 3.63) is 40.3 Å². The summed E-state index contributed by atoms with van der Waals surface area (Å²) in [7, 11) is 0. The van der Waals surface area contributed by atoms with Gasteiger partial charge in [-0.2, -0.15) is 0 Å². The third kappa shape index (κ3) is 4.98. The van der Waals surface area contributed by atoms with E-state index in [0.29, 0.717) is 18.1 Å². The fourth-order valence-corrected chi connectivity index (χ4v) is 3.58. The Morgan fingerprint density at radius 1 is 1.28 bits per heavy atom. The monoisotopic (exact) mass is 463 g/mol. The van der Waals surface area contributed by atoms with E-state index in [1.165, 1.54) is 0 Å². The zero-order chi connectivity index (χ0) is 21.2. The van der Waals surface area contributed by atoms with Crippen molar-refractivity contribution in [3.8, 4) is 11.3 Å². The van der Waals surface area contributed by atoms with Crippen molar-refractivity contribution in [1.82, 2.24) is 14.9 Å². The Morgan fingerprint density at radius 3 is 2.59 bits per heavy atom. The van der Waals surface area contributed by atoms with E-state index < -0.39 is 11.6 Å². The molecule has 1 N–H and O–H groups in total.